The van der Waals surface area contributed by atoms with Crippen LogP contribution in [0.1, 0.15) is 31.7 Å². The topological polar surface area (TPSA) is 92.5 Å². The Morgan fingerprint density at radius 1 is 1.57 bits per heavy atom. The number of aliphatic hydroxyl groups excluding tert-OH is 1. The van der Waals surface area contributed by atoms with Gasteiger partial charge in [0.2, 0.25) is 5.91 Å². The molecule has 0 unspecified atom stereocenters. The fourth-order valence-electron chi connectivity index (χ4n) is 2.88. The van der Waals surface area contributed by atoms with Gasteiger partial charge in [-0.2, -0.15) is 0 Å². The van der Waals surface area contributed by atoms with Gasteiger partial charge in [-0.25, -0.2) is 0 Å². The molecular formula is C15H20N2O4. The van der Waals surface area contributed by atoms with Gasteiger partial charge < -0.3 is 10.4 Å². The van der Waals surface area contributed by atoms with Gasteiger partial charge in [0.25, 0.3) is 5.69 Å². The van der Waals surface area contributed by atoms with E-state index in [9.17, 15) is 20.0 Å². The molecule has 1 saturated carbocycles. The molecule has 6 heteroatoms. The molecule has 0 saturated heterocycles. The summed E-state index contributed by atoms with van der Waals surface area (Å²) in [7, 11) is 0. The molecule has 114 valence electrons. The van der Waals surface area contributed by atoms with Crippen LogP contribution in [0.3, 0.4) is 0 Å². The maximum Gasteiger partial charge on any atom is 0.269 e. The summed E-state index contributed by atoms with van der Waals surface area (Å²) < 4.78 is 0. The number of non-ortho nitro benzene ring substituents is 1. The number of amides is 1. The minimum absolute atomic E-state index is 0.0126. The molecule has 1 amide bonds. The fraction of sp³-hybridized carbons (Fsp3) is 0.533. The van der Waals surface area contributed by atoms with Crippen LogP contribution < -0.4 is 5.32 Å². The highest BCUT2D eigenvalue weighted by atomic mass is 16.6. The van der Waals surface area contributed by atoms with Crippen molar-refractivity contribution in [2.24, 2.45) is 5.41 Å². The molecule has 1 aromatic carbocycles. The number of carbonyl (C=O) groups excluding carboxylic acids is 1. The van der Waals surface area contributed by atoms with E-state index in [4.69, 9.17) is 0 Å². The van der Waals surface area contributed by atoms with E-state index in [1.54, 1.807) is 12.1 Å². The van der Waals surface area contributed by atoms with E-state index < -0.39 is 4.92 Å². The highest BCUT2D eigenvalue weighted by Gasteiger charge is 2.38. The number of nitro groups is 1. The van der Waals surface area contributed by atoms with Crippen LogP contribution in [0.4, 0.5) is 5.69 Å². The Labute approximate surface area is 123 Å². The summed E-state index contributed by atoms with van der Waals surface area (Å²) >= 11 is 0. The molecule has 0 heterocycles. The molecule has 2 rings (SSSR count). The molecule has 1 aliphatic rings. The van der Waals surface area contributed by atoms with Crippen LogP contribution in [0, 0.1) is 15.5 Å². The van der Waals surface area contributed by atoms with Crippen molar-refractivity contribution < 1.29 is 14.8 Å². The zero-order valence-electron chi connectivity index (χ0n) is 12.0. The monoisotopic (exact) mass is 292 g/mol. The van der Waals surface area contributed by atoms with E-state index >= 15 is 0 Å². The summed E-state index contributed by atoms with van der Waals surface area (Å²) in [4.78, 5) is 22.3. The van der Waals surface area contributed by atoms with Crippen LogP contribution in [-0.4, -0.2) is 28.6 Å². The van der Waals surface area contributed by atoms with E-state index in [2.05, 4.69) is 5.32 Å². The van der Waals surface area contributed by atoms with Gasteiger partial charge in [-0.15, -0.1) is 0 Å². The normalized spacial score (nSPS) is 24.8. The molecule has 0 radical (unpaired) electrons. The van der Waals surface area contributed by atoms with Crippen molar-refractivity contribution in [3.63, 3.8) is 0 Å². The second-order valence-electron chi connectivity index (χ2n) is 5.93. The maximum absolute atomic E-state index is 12.1. The third-order valence-corrected chi connectivity index (χ3v) is 4.26. The minimum atomic E-state index is -0.471. The largest absolute Gasteiger partial charge is 0.396 e. The summed E-state index contributed by atoms with van der Waals surface area (Å²) in [6.07, 6.45) is 2.85. The van der Waals surface area contributed by atoms with Crippen molar-refractivity contribution in [2.45, 2.75) is 38.6 Å². The number of hydrogen-bond acceptors (Lipinski definition) is 4. The third kappa shape index (κ3) is 3.58. The Hall–Kier alpha value is -1.95. The van der Waals surface area contributed by atoms with Crippen molar-refractivity contribution in [3.05, 3.63) is 39.9 Å². The summed E-state index contributed by atoms with van der Waals surface area (Å²) in [6, 6.07) is 6.06. The molecular weight excluding hydrogens is 272 g/mol. The number of aliphatic hydroxyl groups is 1. The number of nitrogens with one attached hydrogen (secondary N) is 1. The van der Waals surface area contributed by atoms with Gasteiger partial charge >= 0.3 is 0 Å². The number of rotatable bonds is 5. The van der Waals surface area contributed by atoms with Gasteiger partial charge in [-0.3, -0.25) is 14.9 Å². The first-order valence-corrected chi connectivity index (χ1v) is 7.08. The second kappa shape index (κ2) is 6.22. The predicted octanol–water partition coefficient (Wildman–Crippen LogP) is 1.80. The number of nitro benzene ring substituents is 1. The highest BCUT2D eigenvalue weighted by molar-refractivity contribution is 5.79. The zero-order chi connectivity index (χ0) is 15.5. The van der Waals surface area contributed by atoms with E-state index in [1.165, 1.54) is 12.1 Å². The average molecular weight is 292 g/mol. The molecule has 1 fully saturated rings. The van der Waals surface area contributed by atoms with E-state index in [0.29, 0.717) is 5.56 Å². The minimum Gasteiger partial charge on any atom is -0.396 e. The fourth-order valence-corrected chi connectivity index (χ4v) is 2.88. The Morgan fingerprint density at radius 2 is 2.33 bits per heavy atom. The number of benzene rings is 1. The second-order valence-corrected chi connectivity index (χ2v) is 5.93. The van der Waals surface area contributed by atoms with Crippen LogP contribution in [0.5, 0.6) is 0 Å². The Morgan fingerprint density at radius 3 is 3.00 bits per heavy atom. The molecule has 0 bridgehead atoms. The predicted molar refractivity (Wildman–Crippen MR) is 77.8 cm³/mol. The lowest BCUT2D eigenvalue weighted by Gasteiger charge is -2.30. The van der Waals surface area contributed by atoms with Crippen LogP contribution in [0.15, 0.2) is 24.3 Å². The van der Waals surface area contributed by atoms with Crippen LogP contribution in [-0.2, 0) is 11.2 Å². The molecule has 2 atom stereocenters. The number of carbonyl (C=O) groups is 1. The van der Waals surface area contributed by atoms with Gasteiger partial charge in [-0.1, -0.05) is 25.5 Å². The summed E-state index contributed by atoms with van der Waals surface area (Å²) in [6.45, 7) is 2.02. The molecule has 0 spiro atoms. The number of hydrogen-bond donors (Lipinski definition) is 2. The Bertz CT molecular complexity index is 546. The van der Waals surface area contributed by atoms with Gasteiger partial charge in [0, 0.05) is 23.6 Å². The molecule has 2 N–H and O–H groups in total. The Kier molecular flexibility index (Phi) is 4.57. The Balaban J connectivity index is 1.99. The summed E-state index contributed by atoms with van der Waals surface area (Å²) in [5.74, 6) is -0.165. The quantitative estimate of drug-likeness (QED) is 0.639. The molecule has 0 aliphatic heterocycles. The van der Waals surface area contributed by atoms with Crippen molar-refractivity contribution >= 4 is 11.6 Å². The summed E-state index contributed by atoms with van der Waals surface area (Å²) in [5, 5.41) is 23.1. The lowest BCUT2D eigenvalue weighted by atomic mass is 9.85. The molecule has 1 aromatic rings. The smallest absolute Gasteiger partial charge is 0.269 e. The van der Waals surface area contributed by atoms with Crippen molar-refractivity contribution in [1.82, 2.24) is 5.32 Å². The van der Waals surface area contributed by atoms with Crippen molar-refractivity contribution in [2.75, 3.05) is 6.61 Å². The van der Waals surface area contributed by atoms with Gasteiger partial charge in [-0.05, 0) is 18.4 Å². The van der Waals surface area contributed by atoms with Crippen LogP contribution >= 0.6 is 0 Å². The van der Waals surface area contributed by atoms with Gasteiger partial charge in [0.1, 0.15) is 0 Å². The SMILES string of the molecule is C[C@@]1(CO)CCC[C@@H]1NC(=O)Cc1cccc([N+](=O)[O-])c1. The first-order chi connectivity index (χ1) is 9.94. The zero-order valence-corrected chi connectivity index (χ0v) is 12.0. The molecule has 21 heavy (non-hydrogen) atoms. The molecule has 6 nitrogen and oxygen atoms in total. The van der Waals surface area contributed by atoms with E-state index in [0.717, 1.165) is 19.3 Å². The lowest BCUT2D eigenvalue weighted by molar-refractivity contribution is -0.384. The van der Waals surface area contributed by atoms with Gasteiger partial charge in [0.05, 0.1) is 18.0 Å². The molecule has 1 aliphatic carbocycles. The average Bonchev–Trinajstić information content (AvgIpc) is 2.81. The first-order valence-electron chi connectivity index (χ1n) is 7.08. The van der Waals surface area contributed by atoms with Gasteiger partial charge in [0.15, 0.2) is 0 Å². The highest BCUT2D eigenvalue weighted by Crippen LogP contribution is 2.37. The van der Waals surface area contributed by atoms with Crippen LogP contribution in [0.25, 0.3) is 0 Å². The number of nitrogens with zero attached hydrogens (tertiary/aromatic N) is 1. The lowest BCUT2D eigenvalue weighted by Crippen LogP contribution is -2.45. The third-order valence-electron chi connectivity index (χ3n) is 4.26. The van der Waals surface area contributed by atoms with E-state index in [1.807, 2.05) is 6.92 Å². The van der Waals surface area contributed by atoms with Crippen LogP contribution in [0.2, 0.25) is 0 Å². The summed E-state index contributed by atoms with van der Waals surface area (Å²) in [5.41, 5.74) is 0.338. The maximum atomic E-state index is 12.1. The standard InChI is InChI=1S/C15H20N2O4/c1-15(10-18)7-3-6-13(15)16-14(19)9-11-4-2-5-12(8-11)17(20)21/h2,4-5,8,13,18H,3,6-7,9-10H2,1H3,(H,16,19)/t13-,15-/m0/s1. The molecule has 0 aromatic heterocycles. The van der Waals surface area contributed by atoms with Crippen molar-refractivity contribution in [3.8, 4) is 0 Å². The van der Waals surface area contributed by atoms with Crippen molar-refractivity contribution in [1.29, 1.82) is 0 Å². The first kappa shape index (κ1) is 15.4. The van der Waals surface area contributed by atoms with E-state index in [-0.39, 0.29) is 36.1 Å².